The van der Waals surface area contributed by atoms with Gasteiger partial charge in [-0.2, -0.15) is 0 Å². The Morgan fingerprint density at radius 3 is 2.28 bits per heavy atom. The molecule has 2 amide bonds. The predicted octanol–water partition coefficient (Wildman–Crippen LogP) is 4.67. The molecule has 0 radical (unpaired) electrons. The van der Waals surface area contributed by atoms with E-state index in [1.54, 1.807) is 0 Å². The summed E-state index contributed by atoms with van der Waals surface area (Å²) in [6.45, 7) is 7.36. The van der Waals surface area contributed by atoms with Gasteiger partial charge >= 0.3 is 0 Å². The van der Waals surface area contributed by atoms with Crippen molar-refractivity contribution in [1.29, 1.82) is 0 Å². The highest BCUT2D eigenvalue weighted by Gasteiger charge is 2.32. The van der Waals surface area contributed by atoms with Gasteiger partial charge in [-0.1, -0.05) is 33.6 Å². The first kappa shape index (κ1) is 21.7. The summed E-state index contributed by atoms with van der Waals surface area (Å²) in [5.74, 6) is 1.09. The van der Waals surface area contributed by atoms with Gasteiger partial charge in [-0.25, -0.2) is 0 Å². The first-order chi connectivity index (χ1) is 13.6. The standard InChI is InChI=1S/C24H37N3O2/c1-24(2,3)23(29)27(15-17-10-11-17)16-19-14-20(12-13-21(19)26(4)5)25-22(28)18-8-6-7-9-18/h12-14,17-18H,6-11,15-16H2,1-5H3,(H,25,28). The molecule has 0 spiro atoms. The summed E-state index contributed by atoms with van der Waals surface area (Å²) in [4.78, 5) is 29.8. The van der Waals surface area contributed by atoms with E-state index in [1.807, 2.05) is 45.8 Å². The molecule has 160 valence electrons. The van der Waals surface area contributed by atoms with Gasteiger partial charge in [0.25, 0.3) is 0 Å². The van der Waals surface area contributed by atoms with Crippen molar-refractivity contribution in [2.24, 2.45) is 17.3 Å². The third kappa shape index (κ3) is 5.74. The van der Waals surface area contributed by atoms with Gasteiger partial charge in [0.1, 0.15) is 0 Å². The fraction of sp³-hybridized carbons (Fsp3) is 0.667. The van der Waals surface area contributed by atoms with E-state index < -0.39 is 5.41 Å². The number of nitrogens with one attached hydrogen (secondary N) is 1. The zero-order chi connectivity index (χ0) is 21.2. The van der Waals surface area contributed by atoms with Crippen molar-refractivity contribution in [3.8, 4) is 0 Å². The van der Waals surface area contributed by atoms with Crippen LogP contribution in [-0.4, -0.2) is 37.4 Å². The lowest BCUT2D eigenvalue weighted by Gasteiger charge is -2.31. The quantitative estimate of drug-likeness (QED) is 0.725. The lowest BCUT2D eigenvalue weighted by atomic mass is 9.94. The molecule has 1 N–H and O–H groups in total. The topological polar surface area (TPSA) is 52.7 Å². The highest BCUT2D eigenvalue weighted by atomic mass is 16.2. The molecule has 2 fully saturated rings. The van der Waals surface area contributed by atoms with Gasteiger partial charge in [-0.15, -0.1) is 0 Å². The number of hydrogen-bond donors (Lipinski definition) is 1. The molecular formula is C24H37N3O2. The van der Waals surface area contributed by atoms with Gasteiger partial charge in [0, 0.05) is 49.9 Å². The van der Waals surface area contributed by atoms with Crippen LogP contribution in [0, 0.1) is 17.3 Å². The van der Waals surface area contributed by atoms with Crippen molar-refractivity contribution in [1.82, 2.24) is 4.90 Å². The second-order valence-electron chi connectivity index (χ2n) is 10.1. The van der Waals surface area contributed by atoms with Crippen LogP contribution in [0.5, 0.6) is 0 Å². The van der Waals surface area contributed by atoms with E-state index in [2.05, 4.69) is 22.3 Å². The third-order valence-corrected chi connectivity index (χ3v) is 6.02. The number of anilines is 2. The largest absolute Gasteiger partial charge is 0.377 e. The van der Waals surface area contributed by atoms with Gasteiger partial charge in [-0.05, 0) is 55.4 Å². The van der Waals surface area contributed by atoms with E-state index in [0.717, 1.165) is 49.2 Å². The average molecular weight is 400 g/mol. The molecule has 0 bridgehead atoms. The van der Waals surface area contributed by atoms with Crippen molar-refractivity contribution in [3.63, 3.8) is 0 Å². The Morgan fingerprint density at radius 2 is 1.72 bits per heavy atom. The van der Waals surface area contributed by atoms with Crippen LogP contribution in [-0.2, 0) is 16.1 Å². The lowest BCUT2D eigenvalue weighted by Crippen LogP contribution is -2.40. The van der Waals surface area contributed by atoms with Crippen LogP contribution < -0.4 is 10.2 Å². The van der Waals surface area contributed by atoms with Crippen LogP contribution in [0.1, 0.15) is 64.9 Å². The Balaban J connectivity index is 1.81. The monoisotopic (exact) mass is 399 g/mol. The molecule has 1 aromatic rings. The molecule has 0 heterocycles. The number of benzene rings is 1. The minimum Gasteiger partial charge on any atom is -0.377 e. The van der Waals surface area contributed by atoms with Crippen LogP contribution >= 0.6 is 0 Å². The van der Waals surface area contributed by atoms with E-state index in [1.165, 1.54) is 12.8 Å². The molecule has 2 aliphatic carbocycles. The number of hydrogen-bond acceptors (Lipinski definition) is 3. The van der Waals surface area contributed by atoms with Crippen molar-refractivity contribution in [3.05, 3.63) is 23.8 Å². The van der Waals surface area contributed by atoms with E-state index in [4.69, 9.17) is 0 Å². The number of carbonyl (C=O) groups excluding carboxylic acids is 2. The van der Waals surface area contributed by atoms with Crippen LogP contribution in [0.3, 0.4) is 0 Å². The third-order valence-electron chi connectivity index (χ3n) is 6.02. The Hall–Kier alpha value is -2.04. The smallest absolute Gasteiger partial charge is 0.228 e. The van der Waals surface area contributed by atoms with Crippen molar-refractivity contribution in [2.75, 3.05) is 30.9 Å². The van der Waals surface area contributed by atoms with E-state index in [0.29, 0.717) is 12.5 Å². The first-order valence-corrected chi connectivity index (χ1v) is 11.1. The highest BCUT2D eigenvalue weighted by Crippen LogP contribution is 2.33. The minimum absolute atomic E-state index is 0.131. The summed E-state index contributed by atoms with van der Waals surface area (Å²) in [5.41, 5.74) is 2.60. The van der Waals surface area contributed by atoms with Crippen molar-refractivity contribution in [2.45, 2.75) is 65.8 Å². The van der Waals surface area contributed by atoms with Gasteiger partial charge in [0.2, 0.25) is 11.8 Å². The Bertz CT molecular complexity index is 741. The van der Waals surface area contributed by atoms with E-state index >= 15 is 0 Å². The van der Waals surface area contributed by atoms with Crippen LogP contribution in [0.4, 0.5) is 11.4 Å². The van der Waals surface area contributed by atoms with Crippen molar-refractivity contribution < 1.29 is 9.59 Å². The molecule has 3 rings (SSSR count). The number of nitrogens with zero attached hydrogens (tertiary/aromatic N) is 2. The molecule has 5 nitrogen and oxygen atoms in total. The molecule has 0 aliphatic heterocycles. The SMILES string of the molecule is CN(C)c1ccc(NC(=O)C2CCCC2)cc1CN(CC1CC1)C(=O)C(C)(C)C. The van der Waals surface area contributed by atoms with Gasteiger partial charge in [0.05, 0.1) is 0 Å². The minimum atomic E-state index is -0.401. The maximum absolute atomic E-state index is 13.1. The number of amides is 2. The van der Waals surface area contributed by atoms with Gasteiger partial charge in [-0.3, -0.25) is 9.59 Å². The second kappa shape index (κ2) is 8.76. The highest BCUT2D eigenvalue weighted by molar-refractivity contribution is 5.93. The van der Waals surface area contributed by atoms with E-state index in [-0.39, 0.29) is 17.7 Å². The first-order valence-electron chi connectivity index (χ1n) is 11.1. The summed E-state index contributed by atoms with van der Waals surface area (Å²) >= 11 is 0. The molecule has 5 heteroatoms. The molecule has 0 unspecified atom stereocenters. The lowest BCUT2D eigenvalue weighted by molar-refractivity contribution is -0.140. The maximum atomic E-state index is 13.1. The average Bonchev–Trinajstić information content (AvgIpc) is 3.28. The van der Waals surface area contributed by atoms with Gasteiger partial charge in [0.15, 0.2) is 0 Å². The van der Waals surface area contributed by atoms with Gasteiger partial charge < -0.3 is 15.1 Å². The molecule has 2 aliphatic rings. The fourth-order valence-corrected chi connectivity index (χ4v) is 4.17. The molecule has 0 aromatic heterocycles. The van der Waals surface area contributed by atoms with E-state index in [9.17, 15) is 9.59 Å². The molecular weight excluding hydrogens is 362 g/mol. The van der Waals surface area contributed by atoms with Crippen LogP contribution in [0.25, 0.3) is 0 Å². The summed E-state index contributed by atoms with van der Waals surface area (Å²) in [7, 11) is 4.04. The molecule has 1 aromatic carbocycles. The second-order valence-corrected chi connectivity index (χ2v) is 10.1. The summed E-state index contributed by atoms with van der Waals surface area (Å²) in [5, 5.41) is 3.12. The van der Waals surface area contributed by atoms with Crippen molar-refractivity contribution >= 4 is 23.2 Å². The molecule has 0 atom stereocenters. The number of rotatable bonds is 7. The molecule has 0 saturated heterocycles. The fourth-order valence-electron chi connectivity index (χ4n) is 4.17. The zero-order valence-corrected chi connectivity index (χ0v) is 18.8. The summed E-state index contributed by atoms with van der Waals surface area (Å²) < 4.78 is 0. The number of carbonyl (C=O) groups is 2. The maximum Gasteiger partial charge on any atom is 0.228 e. The Labute approximate surface area is 175 Å². The Kier molecular flexibility index (Phi) is 6.55. The molecule has 2 saturated carbocycles. The normalized spacial score (nSPS) is 17.3. The predicted molar refractivity (Wildman–Crippen MR) is 119 cm³/mol. The van der Waals surface area contributed by atoms with Crippen LogP contribution in [0.2, 0.25) is 0 Å². The summed E-state index contributed by atoms with van der Waals surface area (Å²) in [6.07, 6.45) is 6.70. The Morgan fingerprint density at radius 1 is 1.07 bits per heavy atom. The zero-order valence-electron chi connectivity index (χ0n) is 18.8. The summed E-state index contributed by atoms with van der Waals surface area (Å²) in [6, 6.07) is 6.08. The molecule has 29 heavy (non-hydrogen) atoms. The van der Waals surface area contributed by atoms with Crippen LogP contribution in [0.15, 0.2) is 18.2 Å².